The van der Waals surface area contributed by atoms with E-state index in [-0.39, 0.29) is 18.2 Å². The molecule has 0 aromatic carbocycles. The molecule has 0 saturated heterocycles. The van der Waals surface area contributed by atoms with Crippen molar-refractivity contribution in [3.8, 4) is 0 Å². The summed E-state index contributed by atoms with van der Waals surface area (Å²) in [7, 11) is 0. The van der Waals surface area contributed by atoms with Gasteiger partial charge in [0.05, 0.1) is 11.6 Å². The number of rotatable bonds is 3. The molecule has 6 heteroatoms. The van der Waals surface area contributed by atoms with Crippen molar-refractivity contribution in [2.45, 2.75) is 38.8 Å². The van der Waals surface area contributed by atoms with Crippen LogP contribution >= 0.6 is 0 Å². The molecular weight excluding hydrogens is 182 g/mol. The monoisotopic (exact) mass is 199 g/mol. The minimum absolute atomic E-state index is 0.0330. The standard InChI is InChI=1S/C8H17N5O/c1-8(2,3)13-11-7(10-12-13)6(9)4-5-14/h6,14H,4-5,9H2,1-3H3. The Bertz CT molecular complexity index is 290. The molecule has 1 aromatic rings. The van der Waals surface area contributed by atoms with Crippen molar-refractivity contribution in [1.29, 1.82) is 0 Å². The Labute approximate surface area is 83.1 Å². The van der Waals surface area contributed by atoms with Gasteiger partial charge in [-0.1, -0.05) is 0 Å². The van der Waals surface area contributed by atoms with Gasteiger partial charge in [0, 0.05) is 6.61 Å². The minimum atomic E-state index is -0.337. The molecular formula is C8H17N5O. The number of aliphatic hydroxyl groups is 1. The Balaban J connectivity index is 2.78. The van der Waals surface area contributed by atoms with Gasteiger partial charge in [-0.3, -0.25) is 0 Å². The van der Waals surface area contributed by atoms with Gasteiger partial charge in [0.1, 0.15) is 0 Å². The first kappa shape index (κ1) is 11.1. The Kier molecular flexibility index (Phi) is 3.17. The largest absolute Gasteiger partial charge is 0.396 e. The van der Waals surface area contributed by atoms with E-state index >= 15 is 0 Å². The summed E-state index contributed by atoms with van der Waals surface area (Å²) in [6.07, 6.45) is 0.454. The van der Waals surface area contributed by atoms with Gasteiger partial charge in [0.15, 0.2) is 5.82 Å². The van der Waals surface area contributed by atoms with Crippen molar-refractivity contribution in [2.75, 3.05) is 6.61 Å². The second-order valence-corrected chi connectivity index (χ2v) is 4.23. The first-order valence-corrected chi connectivity index (χ1v) is 4.62. The molecule has 1 rings (SSSR count). The highest BCUT2D eigenvalue weighted by Crippen LogP contribution is 2.12. The quantitative estimate of drug-likeness (QED) is 0.704. The smallest absolute Gasteiger partial charge is 0.191 e. The minimum Gasteiger partial charge on any atom is -0.396 e. The Morgan fingerprint density at radius 1 is 1.50 bits per heavy atom. The lowest BCUT2D eigenvalue weighted by atomic mass is 10.1. The fourth-order valence-corrected chi connectivity index (χ4v) is 0.926. The van der Waals surface area contributed by atoms with Gasteiger partial charge in [0.2, 0.25) is 0 Å². The molecule has 1 atom stereocenters. The van der Waals surface area contributed by atoms with E-state index in [0.29, 0.717) is 12.2 Å². The third-order valence-corrected chi connectivity index (χ3v) is 1.80. The van der Waals surface area contributed by atoms with E-state index in [4.69, 9.17) is 10.8 Å². The van der Waals surface area contributed by atoms with Gasteiger partial charge in [0.25, 0.3) is 0 Å². The lowest BCUT2D eigenvalue weighted by molar-refractivity contribution is 0.273. The predicted octanol–water partition coefficient (Wildman–Crippen LogP) is -0.190. The molecule has 0 aliphatic carbocycles. The van der Waals surface area contributed by atoms with Gasteiger partial charge >= 0.3 is 0 Å². The Morgan fingerprint density at radius 2 is 2.14 bits per heavy atom. The third kappa shape index (κ3) is 2.49. The van der Waals surface area contributed by atoms with Crippen LogP contribution in [0.2, 0.25) is 0 Å². The molecule has 80 valence electrons. The Morgan fingerprint density at radius 3 is 2.57 bits per heavy atom. The van der Waals surface area contributed by atoms with Crippen LogP contribution < -0.4 is 5.73 Å². The molecule has 1 heterocycles. The van der Waals surface area contributed by atoms with Crippen LogP contribution in [0, 0.1) is 0 Å². The third-order valence-electron chi connectivity index (χ3n) is 1.80. The van der Waals surface area contributed by atoms with E-state index in [0.717, 1.165) is 0 Å². The van der Waals surface area contributed by atoms with E-state index in [1.165, 1.54) is 4.80 Å². The second kappa shape index (κ2) is 4.02. The van der Waals surface area contributed by atoms with Crippen molar-refractivity contribution in [3.63, 3.8) is 0 Å². The highest BCUT2D eigenvalue weighted by atomic mass is 16.3. The number of aliphatic hydroxyl groups excluding tert-OH is 1. The number of hydrogen-bond acceptors (Lipinski definition) is 5. The summed E-state index contributed by atoms with van der Waals surface area (Å²) in [6.45, 7) is 5.98. The molecule has 1 aromatic heterocycles. The fourth-order valence-electron chi connectivity index (χ4n) is 0.926. The molecule has 0 radical (unpaired) electrons. The van der Waals surface area contributed by atoms with Crippen LogP contribution in [-0.4, -0.2) is 31.9 Å². The predicted molar refractivity (Wildman–Crippen MR) is 51.4 cm³/mol. The average molecular weight is 199 g/mol. The molecule has 0 bridgehead atoms. The van der Waals surface area contributed by atoms with E-state index in [2.05, 4.69) is 15.4 Å². The zero-order valence-electron chi connectivity index (χ0n) is 8.80. The first-order valence-electron chi connectivity index (χ1n) is 4.62. The van der Waals surface area contributed by atoms with Crippen molar-refractivity contribution in [1.82, 2.24) is 20.2 Å². The maximum Gasteiger partial charge on any atom is 0.191 e. The summed E-state index contributed by atoms with van der Waals surface area (Å²) >= 11 is 0. The second-order valence-electron chi connectivity index (χ2n) is 4.23. The number of nitrogens with zero attached hydrogens (tertiary/aromatic N) is 4. The van der Waals surface area contributed by atoms with Gasteiger partial charge in [-0.05, 0) is 32.4 Å². The number of nitrogens with two attached hydrogens (primary N) is 1. The lowest BCUT2D eigenvalue weighted by Gasteiger charge is -2.15. The van der Waals surface area contributed by atoms with Crippen LogP contribution in [0.3, 0.4) is 0 Å². The zero-order chi connectivity index (χ0) is 10.8. The van der Waals surface area contributed by atoms with Crippen LogP contribution in [0.4, 0.5) is 0 Å². The fraction of sp³-hybridized carbons (Fsp3) is 0.875. The summed E-state index contributed by atoms with van der Waals surface area (Å²) in [5.74, 6) is 0.481. The number of tetrazole rings is 1. The normalized spacial score (nSPS) is 14.4. The van der Waals surface area contributed by atoms with Crippen molar-refractivity contribution in [2.24, 2.45) is 5.73 Å². The molecule has 1 unspecified atom stereocenters. The zero-order valence-corrected chi connectivity index (χ0v) is 8.80. The van der Waals surface area contributed by atoms with Crippen molar-refractivity contribution >= 4 is 0 Å². The molecule has 3 N–H and O–H groups in total. The maximum absolute atomic E-state index is 8.70. The molecule has 14 heavy (non-hydrogen) atoms. The maximum atomic E-state index is 8.70. The van der Waals surface area contributed by atoms with Gasteiger partial charge in [-0.25, -0.2) is 0 Å². The van der Waals surface area contributed by atoms with Crippen LogP contribution in [-0.2, 0) is 5.54 Å². The molecule has 0 fully saturated rings. The average Bonchev–Trinajstić information content (AvgIpc) is 2.51. The first-order chi connectivity index (χ1) is 6.45. The van der Waals surface area contributed by atoms with Gasteiger partial charge in [-0.2, -0.15) is 4.80 Å². The van der Waals surface area contributed by atoms with Crippen LogP contribution in [0.25, 0.3) is 0 Å². The molecule has 0 spiro atoms. The summed E-state index contributed by atoms with van der Waals surface area (Å²) in [4.78, 5) is 1.53. The van der Waals surface area contributed by atoms with Gasteiger partial charge < -0.3 is 10.8 Å². The highest BCUT2D eigenvalue weighted by molar-refractivity contribution is 4.87. The number of aromatic nitrogens is 4. The van der Waals surface area contributed by atoms with Gasteiger partial charge in [-0.15, -0.1) is 10.2 Å². The molecule has 0 aliphatic rings. The van der Waals surface area contributed by atoms with E-state index in [1.54, 1.807) is 0 Å². The van der Waals surface area contributed by atoms with E-state index < -0.39 is 0 Å². The topological polar surface area (TPSA) is 89.9 Å². The van der Waals surface area contributed by atoms with Crippen LogP contribution in [0.1, 0.15) is 39.1 Å². The SMILES string of the molecule is CC(C)(C)n1nnc(C(N)CCO)n1. The number of hydrogen-bond donors (Lipinski definition) is 2. The van der Waals surface area contributed by atoms with Crippen LogP contribution in [0.15, 0.2) is 0 Å². The van der Waals surface area contributed by atoms with Crippen molar-refractivity contribution in [3.05, 3.63) is 5.82 Å². The molecule has 0 amide bonds. The van der Waals surface area contributed by atoms with Crippen LogP contribution in [0.5, 0.6) is 0 Å². The van der Waals surface area contributed by atoms with E-state index in [1.807, 2.05) is 20.8 Å². The molecule has 0 aliphatic heterocycles. The highest BCUT2D eigenvalue weighted by Gasteiger charge is 2.19. The summed E-state index contributed by atoms with van der Waals surface area (Å²) in [5, 5.41) is 20.6. The Hall–Kier alpha value is -1.01. The molecule has 0 saturated carbocycles. The summed E-state index contributed by atoms with van der Waals surface area (Å²) < 4.78 is 0. The molecule has 6 nitrogen and oxygen atoms in total. The lowest BCUT2D eigenvalue weighted by Crippen LogP contribution is -2.25. The van der Waals surface area contributed by atoms with Crippen molar-refractivity contribution < 1.29 is 5.11 Å². The summed E-state index contributed by atoms with van der Waals surface area (Å²) in [5.41, 5.74) is 5.53. The van der Waals surface area contributed by atoms with E-state index in [9.17, 15) is 0 Å². The summed E-state index contributed by atoms with van der Waals surface area (Å²) in [6, 6.07) is -0.337.